The van der Waals surface area contributed by atoms with Crippen LogP contribution in [0.25, 0.3) is 43.1 Å². The van der Waals surface area contributed by atoms with E-state index in [1.54, 1.807) is 12.1 Å². The van der Waals surface area contributed by atoms with Gasteiger partial charge in [-0.25, -0.2) is 13.7 Å². The average Bonchev–Trinajstić information content (AvgIpc) is 2.90. The van der Waals surface area contributed by atoms with E-state index >= 15 is 0 Å². The molecule has 0 aliphatic heterocycles. The van der Waals surface area contributed by atoms with Crippen molar-refractivity contribution >= 4 is 65.3 Å². The standard InChI is InChI=1S/C26H20O8S2.C2H6/c27-15-7-12-4-2-6-14-10-18(36(30,31)32)24-22-16(28)8-11-3-1-5-13-9-17(35-34-33-29)23(25(22)19(11)13)21(15)26(24)20(12)14;1-2/h7-10,27-29H,1-6H2,(H,30,31,32);1-2H3/p-2. The SMILES string of the molecule is CC.O=S(=O)([O-])c1cc2c3c(cc(O)c4c5c(SOOO)cc6c7c(cc([O-])c(c1c34)c75)CCC6)CCC2. The van der Waals surface area contributed by atoms with E-state index in [1.807, 2.05) is 19.9 Å². The summed E-state index contributed by atoms with van der Waals surface area (Å²) in [5, 5.41) is 41.3. The van der Waals surface area contributed by atoms with Crippen LogP contribution < -0.4 is 5.11 Å². The highest BCUT2D eigenvalue weighted by molar-refractivity contribution is 7.94. The molecule has 0 bridgehead atoms. The minimum Gasteiger partial charge on any atom is -0.872 e. The highest BCUT2D eigenvalue weighted by atomic mass is 32.2. The van der Waals surface area contributed by atoms with Crippen molar-refractivity contribution in [1.82, 2.24) is 0 Å². The van der Waals surface area contributed by atoms with Crippen LogP contribution in [0.3, 0.4) is 0 Å². The maximum atomic E-state index is 13.7. The number of phenols is 1. The lowest BCUT2D eigenvalue weighted by molar-refractivity contribution is -0.432. The van der Waals surface area contributed by atoms with Crippen LogP contribution in [0, 0.1) is 0 Å². The fraction of sp³-hybridized carbons (Fsp3) is 0.286. The van der Waals surface area contributed by atoms with E-state index in [2.05, 4.69) is 5.04 Å². The molecule has 0 aromatic heterocycles. The fourth-order valence-corrected chi connectivity index (χ4v) is 7.88. The molecule has 0 saturated heterocycles. The topological polar surface area (TPSA) is 139 Å². The van der Waals surface area contributed by atoms with E-state index in [9.17, 15) is 23.2 Å². The smallest absolute Gasteiger partial charge is 0.125 e. The molecule has 0 atom stereocenters. The number of hydrogen-bond donors (Lipinski definition) is 2. The van der Waals surface area contributed by atoms with E-state index in [0.29, 0.717) is 57.7 Å². The molecule has 0 saturated carbocycles. The number of rotatable bonds is 4. The first-order valence-corrected chi connectivity index (χ1v) is 14.7. The second kappa shape index (κ2) is 9.11. The van der Waals surface area contributed by atoms with E-state index in [1.165, 1.54) is 6.07 Å². The Morgan fingerprint density at radius 1 is 0.763 bits per heavy atom. The van der Waals surface area contributed by atoms with Gasteiger partial charge in [0, 0.05) is 26.4 Å². The molecule has 2 aliphatic rings. The molecule has 10 heteroatoms. The van der Waals surface area contributed by atoms with Gasteiger partial charge in [-0.3, -0.25) is 0 Å². The van der Waals surface area contributed by atoms with Crippen molar-refractivity contribution in [3.8, 4) is 11.5 Å². The minimum atomic E-state index is -4.96. The van der Waals surface area contributed by atoms with Crippen molar-refractivity contribution in [2.24, 2.45) is 0 Å². The molecular formula is C28H24O8S2-2. The Hall–Kier alpha value is -2.86. The average molecular weight is 553 g/mol. The summed E-state index contributed by atoms with van der Waals surface area (Å²) in [7, 11) is -4.96. The Morgan fingerprint density at radius 2 is 1.32 bits per heavy atom. The zero-order valence-electron chi connectivity index (χ0n) is 20.7. The van der Waals surface area contributed by atoms with Gasteiger partial charge in [0.1, 0.15) is 15.9 Å². The number of hydrogen-bond acceptors (Lipinski definition) is 9. The van der Waals surface area contributed by atoms with E-state index in [4.69, 9.17) is 9.59 Å². The zero-order chi connectivity index (χ0) is 26.9. The summed E-state index contributed by atoms with van der Waals surface area (Å²) in [4.78, 5) is 0.0587. The van der Waals surface area contributed by atoms with Crippen LogP contribution in [0.1, 0.15) is 48.9 Å². The molecule has 0 spiro atoms. The number of benzene rings is 5. The predicted molar refractivity (Wildman–Crippen MR) is 143 cm³/mol. The second-order valence-corrected chi connectivity index (χ2v) is 11.6. The first-order chi connectivity index (χ1) is 18.3. The third-order valence-corrected chi connectivity index (χ3v) is 9.21. The molecule has 38 heavy (non-hydrogen) atoms. The third-order valence-electron chi connectivity index (χ3n) is 7.71. The quantitative estimate of drug-likeness (QED) is 0.0701. The molecule has 0 radical (unpaired) electrons. The van der Waals surface area contributed by atoms with Crippen LogP contribution in [0.4, 0.5) is 0 Å². The van der Waals surface area contributed by atoms with Gasteiger partial charge in [0.15, 0.2) is 0 Å². The lowest BCUT2D eigenvalue weighted by Gasteiger charge is -2.30. The van der Waals surface area contributed by atoms with Gasteiger partial charge in [0.2, 0.25) is 0 Å². The van der Waals surface area contributed by atoms with Gasteiger partial charge in [0.05, 0.1) is 16.9 Å². The number of fused-ring (bicyclic) bond motifs is 2. The molecule has 2 N–H and O–H groups in total. The molecule has 5 aromatic rings. The summed E-state index contributed by atoms with van der Waals surface area (Å²) < 4.78 is 42.6. The van der Waals surface area contributed by atoms with Gasteiger partial charge in [-0.15, -0.1) is 4.33 Å². The number of aromatic hydroxyl groups is 1. The van der Waals surface area contributed by atoms with E-state index in [-0.39, 0.29) is 22.3 Å². The highest BCUT2D eigenvalue weighted by Crippen LogP contribution is 2.54. The largest absolute Gasteiger partial charge is 0.872 e. The maximum Gasteiger partial charge on any atom is 0.125 e. The van der Waals surface area contributed by atoms with Crippen LogP contribution in [-0.2, 0) is 45.2 Å². The zero-order valence-corrected chi connectivity index (χ0v) is 22.3. The summed E-state index contributed by atoms with van der Waals surface area (Å²) in [6.45, 7) is 4.00. The minimum absolute atomic E-state index is 0.0693. The molecule has 198 valence electrons. The molecule has 0 unspecified atom stereocenters. The lowest BCUT2D eigenvalue weighted by atomic mass is 9.79. The molecule has 8 nitrogen and oxygen atoms in total. The van der Waals surface area contributed by atoms with Crippen LogP contribution in [-0.4, -0.2) is 23.3 Å². The molecule has 0 amide bonds. The number of phenolic OH excluding ortho intramolecular Hbond substituents is 1. The summed E-state index contributed by atoms with van der Waals surface area (Å²) in [6, 6.07) is 6.54. The molecule has 7 rings (SSSR count). The Bertz CT molecular complexity index is 1880. The van der Waals surface area contributed by atoms with Gasteiger partial charge in [-0.2, -0.15) is 0 Å². The third kappa shape index (κ3) is 3.48. The van der Waals surface area contributed by atoms with Gasteiger partial charge in [-0.05, 0) is 101 Å². The van der Waals surface area contributed by atoms with Crippen LogP contribution in [0.15, 0.2) is 34.1 Å². The Labute approximate surface area is 222 Å². The van der Waals surface area contributed by atoms with Crippen molar-refractivity contribution in [3.63, 3.8) is 0 Å². The van der Waals surface area contributed by atoms with Crippen molar-refractivity contribution < 1.29 is 37.8 Å². The van der Waals surface area contributed by atoms with Crippen molar-refractivity contribution in [2.75, 3.05) is 0 Å². The van der Waals surface area contributed by atoms with Gasteiger partial charge in [0.25, 0.3) is 0 Å². The molecule has 5 aromatic carbocycles. The second-order valence-electron chi connectivity index (χ2n) is 9.54. The molecule has 0 heterocycles. The summed E-state index contributed by atoms with van der Waals surface area (Å²) >= 11 is 0.734. The summed E-state index contributed by atoms with van der Waals surface area (Å²) in [5.74, 6) is -0.451. The van der Waals surface area contributed by atoms with Gasteiger partial charge >= 0.3 is 0 Å². The van der Waals surface area contributed by atoms with Crippen LogP contribution in [0.5, 0.6) is 11.5 Å². The van der Waals surface area contributed by atoms with E-state index in [0.717, 1.165) is 52.3 Å². The Morgan fingerprint density at radius 3 is 1.92 bits per heavy atom. The van der Waals surface area contributed by atoms with Crippen LogP contribution >= 0.6 is 12.0 Å². The first-order valence-electron chi connectivity index (χ1n) is 12.6. The predicted octanol–water partition coefficient (Wildman–Crippen LogP) is 5.85. The van der Waals surface area contributed by atoms with Crippen molar-refractivity contribution in [1.29, 1.82) is 0 Å². The van der Waals surface area contributed by atoms with Crippen molar-refractivity contribution in [3.05, 3.63) is 46.5 Å². The summed E-state index contributed by atoms with van der Waals surface area (Å²) in [6.07, 6.45) is 4.21. The molecule has 0 fully saturated rings. The number of aryl methyl sites for hydroxylation is 4. The van der Waals surface area contributed by atoms with Crippen molar-refractivity contribution in [2.45, 2.75) is 62.2 Å². The Kier molecular flexibility index (Phi) is 6.10. The monoisotopic (exact) mass is 552 g/mol. The van der Waals surface area contributed by atoms with E-state index < -0.39 is 15.0 Å². The molecular weight excluding hydrogens is 528 g/mol. The van der Waals surface area contributed by atoms with Gasteiger partial charge in [-0.1, -0.05) is 30.7 Å². The molecule has 2 aliphatic carbocycles. The maximum absolute atomic E-state index is 13.7. The van der Waals surface area contributed by atoms with Gasteiger partial charge < -0.3 is 14.8 Å². The Balaban J connectivity index is 0.00000129. The fourth-order valence-electron chi connectivity index (χ4n) is 6.56. The normalized spacial score (nSPS) is 14.9. The van der Waals surface area contributed by atoms with Crippen LogP contribution in [0.2, 0.25) is 0 Å². The highest BCUT2D eigenvalue weighted by Gasteiger charge is 2.29. The first kappa shape index (κ1) is 25.4. The lowest BCUT2D eigenvalue weighted by Crippen LogP contribution is -2.10. The summed E-state index contributed by atoms with van der Waals surface area (Å²) in [5.41, 5.74) is 3.32.